The molecule has 1 amide bonds. The predicted molar refractivity (Wildman–Crippen MR) is 59.8 cm³/mol. The second-order valence-corrected chi connectivity index (χ2v) is 3.32. The monoisotopic (exact) mass is 210 g/mol. The molecule has 0 aliphatic heterocycles. The summed E-state index contributed by atoms with van der Waals surface area (Å²) in [6.45, 7) is 4.90. The lowest BCUT2D eigenvalue weighted by Gasteiger charge is -2.04. The Balaban J connectivity index is 2.52. The van der Waals surface area contributed by atoms with E-state index in [2.05, 4.69) is 15.7 Å². The van der Waals surface area contributed by atoms with Crippen molar-refractivity contribution in [3.05, 3.63) is 11.9 Å². The van der Waals surface area contributed by atoms with E-state index in [0.29, 0.717) is 13.1 Å². The van der Waals surface area contributed by atoms with Crippen molar-refractivity contribution in [3.8, 4) is 0 Å². The summed E-state index contributed by atoms with van der Waals surface area (Å²) in [5, 5.41) is 10.1. The smallest absolute Gasteiger partial charge is 0.239 e. The maximum absolute atomic E-state index is 11.2. The molecule has 0 radical (unpaired) electrons. The molecule has 15 heavy (non-hydrogen) atoms. The van der Waals surface area contributed by atoms with Crippen LogP contribution >= 0.6 is 0 Å². The molecule has 0 atom stereocenters. The van der Waals surface area contributed by atoms with Gasteiger partial charge in [0.05, 0.1) is 17.9 Å². The van der Waals surface area contributed by atoms with Gasteiger partial charge in [-0.3, -0.25) is 9.48 Å². The summed E-state index contributed by atoms with van der Waals surface area (Å²) in [6, 6.07) is 0. The number of hydrogen-bond donors (Lipinski definition) is 2. The number of nitrogens with zero attached hydrogens (tertiary/aromatic N) is 2. The van der Waals surface area contributed by atoms with Crippen molar-refractivity contribution in [1.82, 2.24) is 15.1 Å². The topological polar surface area (TPSA) is 59.0 Å². The van der Waals surface area contributed by atoms with Gasteiger partial charge in [0, 0.05) is 19.8 Å². The third kappa shape index (κ3) is 3.27. The van der Waals surface area contributed by atoms with Gasteiger partial charge in [-0.25, -0.2) is 0 Å². The van der Waals surface area contributed by atoms with Crippen LogP contribution < -0.4 is 10.6 Å². The molecule has 0 unspecified atom stereocenters. The molecule has 0 spiro atoms. The van der Waals surface area contributed by atoms with Crippen LogP contribution in [-0.2, 0) is 18.3 Å². The summed E-state index contributed by atoms with van der Waals surface area (Å²) in [6.07, 6.45) is 2.75. The molecule has 2 N–H and O–H groups in total. The van der Waals surface area contributed by atoms with Crippen molar-refractivity contribution >= 4 is 11.6 Å². The molecule has 0 fully saturated rings. The van der Waals surface area contributed by atoms with E-state index >= 15 is 0 Å². The van der Waals surface area contributed by atoms with Crippen molar-refractivity contribution in [1.29, 1.82) is 0 Å². The van der Waals surface area contributed by atoms with Crippen molar-refractivity contribution in [2.75, 3.05) is 18.4 Å². The van der Waals surface area contributed by atoms with Crippen molar-refractivity contribution in [2.24, 2.45) is 7.05 Å². The van der Waals surface area contributed by atoms with Crippen LogP contribution in [-0.4, -0.2) is 28.8 Å². The first-order valence-electron chi connectivity index (χ1n) is 5.20. The summed E-state index contributed by atoms with van der Waals surface area (Å²) in [5.41, 5.74) is 1.92. The molecule has 0 aromatic carbocycles. The zero-order valence-corrected chi connectivity index (χ0v) is 9.50. The second-order valence-electron chi connectivity index (χ2n) is 3.32. The summed E-state index contributed by atoms with van der Waals surface area (Å²) in [4.78, 5) is 11.2. The van der Waals surface area contributed by atoms with Gasteiger partial charge in [-0.1, -0.05) is 6.92 Å². The number of carbonyl (C=O) groups excluding carboxylic acids is 1. The number of anilines is 1. The first-order valence-corrected chi connectivity index (χ1v) is 5.20. The van der Waals surface area contributed by atoms with Crippen LogP contribution in [0.5, 0.6) is 0 Å². The zero-order chi connectivity index (χ0) is 11.3. The molecule has 1 rings (SSSR count). The van der Waals surface area contributed by atoms with Crippen LogP contribution in [0.1, 0.15) is 19.5 Å². The lowest BCUT2D eigenvalue weighted by molar-refractivity contribution is -0.119. The maximum atomic E-state index is 11.2. The fourth-order valence-corrected chi connectivity index (χ4v) is 1.38. The van der Waals surface area contributed by atoms with Gasteiger partial charge in [0.2, 0.25) is 5.91 Å². The molecular weight excluding hydrogens is 192 g/mol. The fourth-order valence-electron chi connectivity index (χ4n) is 1.38. The second kappa shape index (κ2) is 5.38. The van der Waals surface area contributed by atoms with Crippen LogP contribution in [0.3, 0.4) is 0 Å². The van der Waals surface area contributed by atoms with Gasteiger partial charge in [0.1, 0.15) is 0 Å². The highest BCUT2D eigenvalue weighted by Crippen LogP contribution is 2.12. The summed E-state index contributed by atoms with van der Waals surface area (Å²) < 4.78 is 1.75. The lowest BCUT2D eigenvalue weighted by Crippen LogP contribution is -2.29. The molecule has 0 saturated heterocycles. The maximum Gasteiger partial charge on any atom is 0.239 e. The van der Waals surface area contributed by atoms with E-state index in [4.69, 9.17) is 0 Å². The molecule has 0 aliphatic carbocycles. The van der Waals surface area contributed by atoms with E-state index in [1.54, 1.807) is 4.68 Å². The average molecular weight is 210 g/mol. The Morgan fingerprint density at radius 2 is 2.27 bits per heavy atom. The number of hydrogen-bond acceptors (Lipinski definition) is 3. The molecule has 1 aromatic heterocycles. The molecule has 0 aliphatic rings. The Labute approximate surface area is 89.9 Å². The first kappa shape index (κ1) is 11.6. The number of likely N-dealkylation sites (N-methyl/N-ethyl adjacent to an activating group) is 1. The normalized spacial score (nSPS) is 10.1. The number of rotatable bonds is 5. The van der Waals surface area contributed by atoms with Gasteiger partial charge in [0.15, 0.2) is 0 Å². The molecule has 84 valence electrons. The summed E-state index contributed by atoms with van der Waals surface area (Å²) in [5.74, 6) is 0.00315. The molecule has 5 heteroatoms. The van der Waals surface area contributed by atoms with Gasteiger partial charge in [-0.15, -0.1) is 0 Å². The predicted octanol–water partition coefficient (Wildman–Crippen LogP) is 0.530. The number of amides is 1. The molecule has 5 nitrogen and oxygen atoms in total. The van der Waals surface area contributed by atoms with Gasteiger partial charge in [0.25, 0.3) is 0 Å². The van der Waals surface area contributed by atoms with Gasteiger partial charge in [-0.2, -0.15) is 5.10 Å². The minimum Gasteiger partial charge on any atom is -0.373 e. The Kier molecular flexibility index (Phi) is 4.15. The number of carbonyl (C=O) groups is 1. The Bertz CT molecular complexity index is 332. The van der Waals surface area contributed by atoms with E-state index in [0.717, 1.165) is 17.8 Å². The SMILES string of the molecule is CCNC(=O)CNc1cn(C)nc1CC. The standard InChI is InChI=1S/C10H18N4O/c1-4-8-9(7-14(3)13-8)12-6-10(15)11-5-2/h7,12H,4-6H2,1-3H3,(H,11,15). The van der Waals surface area contributed by atoms with E-state index in [1.807, 2.05) is 27.1 Å². The highest BCUT2D eigenvalue weighted by Gasteiger charge is 2.06. The number of nitrogens with one attached hydrogen (secondary N) is 2. The third-order valence-corrected chi connectivity index (χ3v) is 2.05. The van der Waals surface area contributed by atoms with Crippen LogP contribution in [0, 0.1) is 0 Å². The highest BCUT2D eigenvalue weighted by atomic mass is 16.1. The zero-order valence-electron chi connectivity index (χ0n) is 9.50. The summed E-state index contributed by atoms with van der Waals surface area (Å²) in [7, 11) is 1.87. The van der Waals surface area contributed by atoms with Crippen molar-refractivity contribution in [3.63, 3.8) is 0 Å². The van der Waals surface area contributed by atoms with E-state index in [1.165, 1.54) is 0 Å². The molecule has 0 bridgehead atoms. The Hall–Kier alpha value is -1.52. The van der Waals surface area contributed by atoms with Gasteiger partial charge in [-0.05, 0) is 13.3 Å². The van der Waals surface area contributed by atoms with Gasteiger partial charge >= 0.3 is 0 Å². The minimum absolute atomic E-state index is 0.00315. The largest absolute Gasteiger partial charge is 0.373 e. The Morgan fingerprint density at radius 3 is 2.87 bits per heavy atom. The van der Waals surface area contributed by atoms with Crippen molar-refractivity contribution in [2.45, 2.75) is 20.3 Å². The molecule has 0 saturated carbocycles. The van der Waals surface area contributed by atoms with E-state index < -0.39 is 0 Å². The Morgan fingerprint density at radius 1 is 1.53 bits per heavy atom. The van der Waals surface area contributed by atoms with Crippen LogP contribution in [0.4, 0.5) is 5.69 Å². The molecule has 1 heterocycles. The van der Waals surface area contributed by atoms with E-state index in [-0.39, 0.29) is 5.91 Å². The third-order valence-electron chi connectivity index (χ3n) is 2.05. The number of aryl methyl sites for hydroxylation is 2. The summed E-state index contributed by atoms with van der Waals surface area (Å²) >= 11 is 0. The fraction of sp³-hybridized carbons (Fsp3) is 0.600. The van der Waals surface area contributed by atoms with E-state index in [9.17, 15) is 4.79 Å². The average Bonchev–Trinajstić information content (AvgIpc) is 2.56. The lowest BCUT2D eigenvalue weighted by atomic mass is 10.3. The van der Waals surface area contributed by atoms with Crippen LogP contribution in [0.2, 0.25) is 0 Å². The van der Waals surface area contributed by atoms with Crippen molar-refractivity contribution < 1.29 is 4.79 Å². The molecule has 1 aromatic rings. The number of aromatic nitrogens is 2. The minimum atomic E-state index is 0.00315. The van der Waals surface area contributed by atoms with Crippen LogP contribution in [0.15, 0.2) is 6.20 Å². The van der Waals surface area contributed by atoms with Crippen LogP contribution in [0.25, 0.3) is 0 Å². The molecular formula is C10H18N4O. The highest BCUT2D eigenvalue weighted by molar-refractivity contribution is 5.80. The van der Waals surface area contributed by atoms with Gasteiger partial charge < -0.3 is 10.6 Å². The quantitative estimate of drug-likeness (QED) is 0.745. The first-order chi connectivity index (χ1) is 7.17.